The fourth-order valence-corrected chi connectivity index (χ4v) is 2.37. The lowest BCUT2D eigenvalue weighted by molar-refractivity contribution is -0.137. The first-order valence-electron chi connectivity index (χ1n) is 8.07. The zero-order valence-electron chi connectivity index (χ0n) is 14.3. The van der Waals surface area contributed by atoms with Gasteiger partial charge in [0, 0.05) is 11.4 Å². The van der Waals surface area contributed by atoms with Gasteiger partial charge < -0.3 is 10.6 Å². The average molecular weight is 382 g/mol. The highest BCUT2D eigenvalue weighted by atomic mass is 19.4. The van der Waals surface area contributed by atoms with Crippen LogP contribution >= 0.6 is 0 Å². The standard InChI is InChI=1S/C20H13F3N4O/c21-20(22,23)14-2-1-3-16(10-14)26-17-8-9-18(25-12-17)19(28)27-15-6-4-13(11-24)5-7-15/h1-10,12,26H,(H,27,28). The summed E-state index contributed by atoms with van der Waals surface area (Å²) in [6.45, 7) is 0. The molecular weight excluding hydrogens is 369 g/mol. The molecule has 0 fully saturated rings. The van der Waals surface area contributed by atoms with Gasteiger partial charge in [-0.05, 0) is 54.6 Å². The van der Waals surface area contributed by atoms with E-state index in [1.54, 1.807) is 30.3 Å². The van der Waals surface area contributed by atoms with Crippen molar-refractivity contribution in [1.82, 2.24) is 4.98 Å². The Hall–Kier alpha value is -3.86. The van der Waals surface area contributed by atoms with Gasteiger partial charge in [-0.25, -0.2) is 4.98 Å². The van der Waals surface area contributed by atoms with E-state index in [0.717, 1.165) is 12.1 Å². The summed E-state index contributed by atoms with van der Waals surface area (Å²) in [7, 11) is 0. The van der Waals surface area contributed by atoms with Crippen LogP contribution in [0.3, 0.4) is 0 Å². The Morgan fingerprint density at radius 2 is 1.68 bits per heavy atom. The molecule has 28 heavy (non-hydrogen) atoms. The van der Waals surface area contributed by atoms with Gasteiger partial charge in [0.2, 0.25) is 0 Å². The molecule has 0 aliphatic carbocycles. The molecule has 0 saturated carbocycles. The van der Waals surface area contributed by atoms with Gasteiger partial charge in [0.15, 0.2) is 0 Å². The third kappa shape index (κ3) is 4.65. The Kier molecular flexibility index (Phi) is 5.27. The molecule has 0 unspecified atom stereocenters. The van der Waals surface area contributed by atoms with E-state index >= 15 is 0 Å². The van der Waals surface area contributed by atoms with E-state index in [9.17, 15) is 18.0 Å². The van der Waals surface area contributed by atoms with Crippen LogP contribution < -0.4 is 10.6 Å². The predicted molar refractivity (Wildman–Crippen MR) is 98.1 cm³/mol. The molecule has 0 radical (unpaired) electrons. The van der Waals surface area contributed by atoms with Gasteiger partial charge in [0.25, 0.3) is 5.91 Å². The summed E-state index contributed by atoms with van der Waals surface area (Å²) < 4.78 is 38.3. The molecule has 5 nitrogen and oxygen atoms in total. The van der Waals surface area contributed by atoms with Gasteiger partial charge in [-0.2, -0.15) is 18.4 Å². The minimum absolute atomic E-state index is 0.138. The minimum atomic E-state index is -4.43. The van der Waals surface area contributed by atoms with Crippen LogP contribution in [-0.2, 0) is 6.18 Å². The quantitative estimate of drug-likeness (QED) is 0.668. The van der Waals surface area contributed by atoms with Crippen LogP contribution in [0.15, 0.2) is 66.9 Å². The lowest BCUT2D eigenvalue weighted by atomic mass is 10.2. The molecular formula is C20H13F3N4O. The lowest BCUT2D eigenvalue weighted by Crippen LogP contribution is -2.13. The molecule has 1 aromatic heterocycles. The monoisotopic (exact) mass is 382 g/mol. The molecule has 140 valence electrons. The van der Waals surface area contributed by atoms with Crippen LogP contribution in [0.4, 0.5) is 30.2 Å². The normalized spacial score (nSPS) is 10.8. The van der Waals surface area contributed by atoms with Crippen LogP contribution in [-0.4, -0.2) is 10.9 Å². The van der Waals surface area contributed by atoms with Crippen molar-refractivity contribution in [3.63, 3.8) is 0 Å². The first-order chi connectivity index (χ1) is 13.3. The second-order valence-electron chi connectivity index (χ2n) is 5.78. The number of nitrogens with zero attached hydrogens (tertiary/aromatic N) is 2. The maximum Gasteiger partial charge on any atom is 0.416 e. The number of anilines is 3. The summed E-state index contributed by atoms with van der Waals surface area (Å²) in [5.41, 5.74) is 1.06. The van der Waals surface area contributed by atoms with Gasteiger partial charge in [0.05, 0.1) is 29.1 Å². The summed E-state index contributed by atoms with van der Waals surface area (Å²) >= 11 is 0. The maximum absolute atomic E-state index is 12.8. The molecule has 8 heteroatoms. The van der Waals surface area contributed by atoms with Gasteiger partial charge >= 0.3 is 6.18 Å². The minimum Gasteiger partial charge on any atom is -0.354 e. The highest BCUT2D eigenvalue weighted by Gasteiger charge is 2.30. The second kappa shape index (κ2) is 7.80. The summed E-state index contributed by atoms with van der Waals surface area (Å²) in [6.07, 6.45) is -3.07. The summed E-state index contributed by atoms with van der Waals surface area (Å²) in [4.78, 5) is 16.2. The van der Waals surface area contributed by atoms with E-state index in [1.807, 2.05) is 6.07 Å². The number of halogens is 3. The highest BCUT2D eigenvalue weighted by molar-refractivity contribution is 6.03. The van der Waals surface area contributed by atoms with Crippen molar-refractivity contribution >= 4 is 23.0 Å². The number of nitrogens with one attached hydrogen (secondary N) is 2. The SMILES string of the molecule is N#Cc1ccc(NC(=O)c2ccc(Nc3cccc(C(F)(F)F)c3)cn2)cc1. The van der Waals surface area contributed by atoms with Crippen molar-refractivity contribution in [1.29, 1.82) is 5.26 Å². The Labute approximate surface area is 158 Å². The number of nitriles is 1. The van der Waals surface area contributed by atoms with Crippen LogP contribution in [0, 0.1) is 11.3 Å². The van der Waals surface area contributed by atoms with E-state index in [1.165, 1.54) is 24.4 Å². The third-order valence-corrected chi connectivity index (χ3v) is 3.75. The molecule has 0 spiro atoms. The van der Waals surface area contributed by atoms with Crippen LogP contribution in [0.25, 0.3) is 0 Å². The van der Waals surface area contributed by atoms with Gasteiger partial charge in [0.1, 0.15) is 5.69 Å². The largest absolute Gasteiger partial charge is 0.416 e. The fourth-order valence-electron chi connectivity index (χ4n) is 2.37. The predicted octanol–water partition coefficient (Wildman–Crippen LogP) is 4.97. The van der Waals surface area contributed by atoms with Gasteiger partial charge in [-0.1, -0.05) is 6.07 Å². The Balaban J connectivity index is 1.67. The van der Waals surface area contributed by atoms with E-state index in [2.05, 4.69) is 15.6 Å². The summed E-state index contributed by atoms with van der Waals surface area (Å²) in [5, 5.41) is 14.2. The van der Waals surface area contributed by atoms with E-state index in [-0.39, 0.29) is 11.4 Å². The first kappa shape index (κ1) is 18.9. The van der Waals surface area contributed by atoms with Gasteiger partial charge in [-0.15, -0.1) is 0 Å². The van der Waals surface area contributed by atoms with E-state index < -0.39 is 17.6 Å². The maximum atomic E-state index is 12.8. The Morgan fingerprint density at radius 3 is 2.29 bits per heavy atom. The number of rotatable bonds is 4. The van der Waals surface area contributed by atoms with Crippen LogP contribution in [0.2, 0.25) is 0 Å². The molecule has 2 N–H and O–H groups in total. The third-order valence-electron chi connectivity index (χ3n) is 3.75. The van der Waals surface area contributed by atoms with Crippen LogP contribution in [0.5, 0.6) is 0 Å². The van der Waals surface area contributed by atoms with Crippen molar-refractivity contribution in [3.05, 3.63) is 83.7 Å². The summed E-state index contributed by atoms with van der Waals surface area (Å²) in [5.74, 6) is -0.449. The van der Waals surface area contributed by atoms with Crippen molar-refractivity contribution in [3.8, 4) is 6.07 Å². The number of amides is 1. The number of hydrogen-bond acceptors (Lipinski definition) is 4. The summed E-state index contributed by atoms with van der Waals surface area (Å²) in [6, 6.07) is 16.1. The molecule has 0 aliphatic heterocycles. The van der Waals surface area contributed by atoms with Crippen molar-refractivity contribution < 1.29 is 18.0 Å². The van der Waals surface area contributed by atoms with E-state index in [0.29, 0.717) is 16.9 Å². The zero-order valence-corrected chi connectivity index (χ0v) is 14.3. The second-order valence-corrected chi connectivity index (χ2v) is 5.78. The van der Waals surface area contributed by atoms with E-state index in [4.69, 9.17) is 5.26 Å². The number of carbonyl (C=O) groups is 1. The molecule has 1 amide bonds. The molecule has 0 bridgehead atoms. The number of pyridine rings is 1. The highest BCUT2D eigenvalue weighted by Crippen LogP contribution is 2.31. The molecule has 3 aromatic rings. The number of benzene rings is 2. The number of alkyl halides is 3. The molecule has 3 rings (SSSR count). The van der Waals surface area contributed by atoms with Crippen molar-refractivity contribution in [2.45, 2.75) is 6.18 Å². The molecule has 0 atom stereocenters. The first-order valence-corrected chi connectivity index (χ1v) is 8.07. The molecule has 1 heterocycles. The number of aromatic nitrogens is 1. The smallest absolute Gasteiger partial charge is 0.354 e. The van der Waals surface area contributed by atoms with Crippen molar-refractivity contribution in [2.24, 2.45) is 0 Å². The Bertz CT molecular complexity index is 1020. The molecule has 2 aromatic carbocycles. The number of carbonyl (C=O) groups excluding carboxylic acids is 1. The molecule has 0 saturated heterocycles. The number of hydrogen-bond donors (Lipinski definition) is 2. The lowest BCUT2D eigenvalue weighted by Gasteiger charge is -2.11. The Morgan fingerprint density at radius 1 is 0.964 bits per heavy atom. The molecule has 0 aliphatic rings. The topological polar surface area (TPSA) is 77.8 Å². The fraction of sp³-hybridized carbons (Fsp3) is 0.0500. The van der Waals surface area contributed by atoms with Crippen molar-refractivity contribution in [2.75, 3.05) is 10.6 Å². The average Bonchev–Trinajstić information content (AvgIpc) is 2.69. The van der Waals surface area contributed by atoms with Gasteiger partial charge in [-0.3, -0.25) is 4.79 Å². The van der Waals surface area contributed by atoms with Crippen LogP contribution in [0.1, 0.15) is 21.6 Å². The zero-order chi connectivity index (χ0) is 20.1.